The van der Waals surface area contributed by atoms with Gasteiger partial charge in [-0.25, -0.2) is 8.42 Å². The summed E-state index contributed by atoms with van der Waals surface area (Å²) in [5.74, 6) is 0.0684. The summed E-state index contributed by atoms with van der Waals surface area (Å²) in [5, 5.41) is 3.18. The van der Waals surface area contributed by atoms with Gasteiger partial charge in [0.05, 0.1) is 11.1 Å². The van der Waals surface area contributed by atoms with Gasteiger partial charge >= 0.3 is 0 Å². The second kappa shape index (κ2) is 6.93. The molecular weight excluding hydrogens is 416 g/mol. The van der Waals surface area contributed by atoms with E-state index in [2.05, 4.69) is 5.32 Å². The molecule has 5 rings (SSSR count). The number of nitrogen functional groups attached to an aromatic ring is 1. The summed E-state index contributed by atoms with van der Waals surface area (Å²) < 4.78 is 27.5. The van der Waals surface area contributed by atoms with Crippen LogP contribution in [0.15, 0.2) is 29.2 Å². The molecule has 0 saturated heterocycles. The Morgan fingerprint density at radius 1 is 1.13 bits per heavy atom. The van der Waals surface area contributed by atoms with Crippen molar-refractivity contribution in [1.82, 2.24) is 9.62 Å². The second-order valence-electron chi connectivity index (χ2n) is 10.4. The van der Waals surface area contributed by atoms with Crippen molar-refractivity contribution in [2.24, 2.45) is 23.0 Å². The fraction of sp³-hybridized carbons (Fsp3) is 0.636. The molecule has 4 aliphatic carbocycles. The smallest absolute Gasteiger partial charge is 0.245 e. The number of sulfonamides is 1. The maximum Gasteiger partial charge on any atom is 0.245 e. The zero-order chi connectivity index (χ0) is 22.8. The zero-order valence-corrected chi connectivity index (χ0v) is 19.2. The van der Waals surface area contributed by atoms with E-state index < -0.39 is 26.5 Å². The lowest BCUT2D eigenvalue weighted by molar-refractivity contribution is -0.152. The van der Waals surface area contributed by atoms with E-state index in [0.717, 1.165) is 36.4 Å². The molecular formula is C22H32N4O4S. The number of primary amides is 1. The summed E-state index contributed by atoms with van der Waals surface area (Å²) in [4.78, 5) is 25.8. The first-order chi connectivity index (χ1) is 14.3. The van der Waals surface area contributed by atoms with Crippen molar-refractivity contribution in [3.63, 3.8) is 0 Å². The molecule has 1 aromatic rings. The molecule has 0 spiro atoms. The Morgan fingerprint density at radius 2 is 1.71 bits per heavy atom. The molecule has 4 fully saturated rings. The quantitative estimate of drug-likeness (QED) is 0.568. The van der Waals surface area contributed by atoms with Gasteiger partial charge in [-0.1, -0.05) is 12.1 Å². The molecule has 4 saturated carbocycles. The number of nitrogens with one attached hydrogen (secondary N) is 1. The minimum atomic E-state index is -3.99. The van der Waals surface area contributed by atoms with Gasteiger partial charge in [-0.2, -0.15) is 4.31 Å². The fourth-order valence-corrected chi connectivity index (χ4v) is 7.99. The number of amides is 2. The van der Waals surface area contributed by atoms with Crippen molar-refractivity contribution in [2.75, 3.05) is 12.8 Å². The van der Waals surface area contributed by atoms with E-state index >= 15 is 0 Å². The van der Waals surface area contributed by atoms with Gasteiger partial charge in [0.1, 0.15) is 10.4 Å². The van der Waals surface area contributed by atoms with Crippen LogP contribution in [-0.2, 0) is 19.6 Å². The first-order valence-corrected chi connectivity index (χ1v) is 12.2. The maximum absolute atomic E-state index is 13.5. The molecule has 0 aliphatic heterocycles. The number of hydrogen-bond donors (Lipinski definition) is 3. The summed E-state index contributed by atoms with van der Waals surface area (Å²) in [6.45, 7) is 3.17. The number of carbonyl (C=O) groups excluding carboxylic acids is 2. The molecule has 2 unspecified atom stereocenters. The Balaban J connectivity index is 1.59. The first-order valence-electron chi connectivity index (χ1n) is 10.8. The number of nitrogens with two attached hydrogens (primary N) is 2. The number of anilines is 1. The Bertz CT molecular complexity index is 1020. The molecule has 1 aromatic carbocycles. The van der Waals surface area contributed by atoms with Crippen LogP contribution < -0.4 is 16.8 Å². The van der Waals surface area contributed by atoms with E-state index in [1.54, 1.807) is 26.0 Å². The van der Waals surface area contributed by atoms with E-state index in [1.165, 1.54) is 19.2 Å². The monoisotopic (exact) mass is 448 g/mol. The average molecular weight is 449 g/mol. The van der Waals surface area contributed by atoms with Gasteiger partial charge < -0.3 is 16.8 Å². The van der Waals surface area contributed by atoms with Crippen LogP contribution in [0.3, 0.4) is 0 Å². The van der Waals surface area contributed by atoms with Crippen LogP contribution in [0.4, 0.5) is 5.69 Å². The highest BCUT2D eigenvalue weighted by molar-refractivity contribution is 7.89. The third-order valence-corrected chi connectivity index (χ3v) is 9.97. The van der Waals surface area contributed by atoms with Crippen LogP contribution in [0.25, 0.3) is 0 Å². The minimum Gasteiger partial charge on any atom is -0.398 e. The third-order valence-electron chi connectivity index (χ3n) is 7.86. The highest BCUT2D eigenvalue weighted by atomic mass is 32.2. The second-order valence-corrected chi connectivity index (χ2v) is 12.3. The summed E-state index contributed by atoms with van der Waals surface area (Å²) in [7, 11) is -2.60. The maximum atomic E-state index is 13.5. The molecule has 2 amide bonds. The van der Waals surface area contributed by atoms with Gasteiger partial charge in [0.2, 0.25) is 21.8 Å². The highest BCUT2D eigenvalue weighted by Crippen LogP contribution is 2.61. The zero-order valence-electron chi connectivity index (χ0n) is 18.3. The number of benzene rings is 1. The molecule has 9 heteroatoms. The van der Waals surface area contributed by atoms with E-state index in [4.69, 9.17) is 11.5 Å². The number of para-hydroxylation sites is 1. The average Bonchev–Trinajstić information content (AvgIpc) is 2.66. The van der Waals surface area contributed by atoms with Gasteiger partial charge in [0.25, 0.3) is 0 Å². The summed E-state index contributed by atoms with van der Waals surface area (Å²) >= 11 is 0. The van der Waals surface area contributed by atoms with Gasteiger partial charge in [0, 0.05) is 12.6 Å². The van der Waals surface area contributed by atoms with E-state index in [0.29, 0.717) is 18.3 Å². The first kappa shape index (κ1) is 22.1. The van der Waals surface area contributed by atoms with Gasteiger partial charge in [-0.15, -0.1) is 0 Å². The molecule has 4 aliphatic rings. The molecule has 5 N–H and O–H groups in total. The van der Waals surface area contributed by atoms with Crippen molar-refractivity contribution in [3.05, 3.63) is 24.3 Å². The van der Waals surface area contributed by atoms with E-state index in [1.807, 2.05) is 0 Å². The van der Waals surface area contributed by atoms with Crippen LogP contribution in [0, 0.1) is 17.3 Å². The van der Waals surface area contributed by atoms with Gasteiger partial charge in [0.15, 0.2) is 0 Å². The lowest BCUT2D eigenvalue weighted by Crippen LogP contribution is -2.68. The number of rotatable bonds is 6. The summed E-state index contributed by atoms with van der Waals surface area (Å²) in [5.41, 5.74) is 9.40. The number of nitrogens with zero attached hydrogens (tertiary/aromatic N) is 1. The van der Waals surface area contributed by atoms with Crippen molar-refractivity contribution < 1.29 is 18.0 Å². The SMILES string of the molecule is CN(C(C)(C)C(=O)NC12CC3CC(C1)CC(C(N)=O)(C3)C2)S(=O)(=O)c1ccccc1N. The number of carbonyl (C=O) groups is 2. The lowest BCUT2D eigenvalue weighted by Gasteiger charge is -2.61. The summed E-state index contributed by atoms with van der Waals surface area (Å²) in [6, 6.07) is 6.22. The van der Waals surface area contributed by atoms with Gasteiger partial charge in [-0.3, -0.25) is 9.59 Å². The van der Waals surface area contributed by atoms with Crippen molar-refractivity contribution in [1.29, 1.82) is 0 Å². The Hall–Kier alpha value is -2.13. The molecule has 0 aromatic heterocycles. The number of hydrogen-bond acceptors (Lipinski definition) is 5. The van der Waals surface area contributed by atoms with Crippen molar-refractivity contribution in [2.45, 2.75) is 68.3 Å². The van der Waals surface area contributed by atoms with Crippen LogP contribution in [0.1, 0.15) is 52.4 Å². The van der Waals surface area contributed by atoms with E-state index in [9.17, 15) is 18.0 Å². The topological polar surface area (TPSA) is 136 Å². The van der Waals surface area contributed by atoms with E-state index in [-0.39, 0.29) is 22.4 Å². The normalized spacial score (nSPS) is 32.3. The Morgan fingerprint density at radius 3 is 2.26 bits per heavy atom. The highest BCUT2D eigenvalue weighted by Gasteiger charge is 2.61. The minimum absolute atomic E-state index is 0.0270. The summed E-state index contributed by atoms with van der Waals surface area (Å²) in [6.07, 6.45) is 4.80. The largest absolute Gasteiger partial charge is 0.398 e. The van der Waals surface area contributed by atoms with Gasteiger partial charge in [-0.05, 0) is 76.3 Å². The Labute approximate surface area is 183 Å². The fourth-order valence-electron chi connectivity index (χ4n) is 6.40. The van der Waals surface area contributed by atoms with Crippen LogP contribution in [0.2, 0.25) is 0 Å². The molecule has 4 bridgehead atoms. The standard InChI is InChI=1S/C22H32N4O4S/c1-20(2,26(3)31(29,30)17-7-5-4-6-16(17)23)19(28)25-22-11-14-8-15(12-22)10-21(9-14,13-22)18(24)27/h4-7,14-15H,8-13,23H2,1-3H3,(H2,24,27)(H,25,28). The van der Waals surface area contributed by atoms with Crippen LogP contribution in [-0.4, -0.2) is 42.7 Å². The molecule has 0 heterocycles. The number of likely N-dealkylation sites (N-methyl/N-ethyl adjacent to an activating group) is 1. The molecule has 0 radical (unpaired) electrons. The molecule has 8 nitrogen and oxygen atoms in total. The van der Waals surface area contributed by atoms with Crippen LogP contribution in [0.5, 0.6) is 0 Å². The van der Waals surface area contributed by atoms with Crippen molar-refractivity contribution >= 4 is 27.5 Å². The molecule has 2 atom stereocenters. The van der Waals surface area contributed by atoms with Crippen LogP contribution >= 0.6 is 0 Å². The van der Waals surface area contributed by atoms with Crippen molar-refractivity contribution in [3.8, 4) is 0 Å². The predicted molar refractivity (Wildman–Crippen MR) is 117 cm³/mol. The Kier molecular flexibility index (Phi) is 4.94. The molecule has 170 valence electrons. The third kappa shape index (κ3) is 3.42. The molecule has 31 heavy (non-hydrogen) atoms. The predicted octanol–water partition coefficient (Wildman–Crippen LogP) is 1.61. The lowest BCUT2D eigenvalue weighted by atomic mass is 9.46.